The number of hydrazone groups is 1. The van der Waals surface area contributed by atoms with Crippen molar-refractivity contribution in [3.05, 3.63) is 46.2 Å². The molecule has 126 valence electrons. The second-order valence-corrected chi connectivity index (χ2v) is 5.63. The Morgan fingerprint density at radius 1 is 1.33 bits per heavy atom. The van der Waals surface area contributed by atoms with E-state index in [-0.39, 0.29) is 5.91 Å². The molecule has 0 radical (unpaired) electrons. The fraction of sp³-hybridized carbons (Fsp3) is 0.188. The van der Waals surface area contributed by atoms with Crippen molar-refractivity contribution in [2.45, 2.75) is 13.0 Å². The van der Waals surface area contributed by atoms with E-state index < -0.39 is 12.1 Å². The van der Waals surface area contributed by atoms with Crippen LogP contribution in [0.4, 0.5) is 0 Å². The van der Waals surface area contributed by atoms with Gasteiger partial charge in [-0.2, -0.15) is 5.10 Å². The van der Waals surface area contributed by atoms with Crippen molar-refractivity contribution in [1.82, 2.24) is 5.43 Å². The van der Waals surface area contributed by atoms with Crippen LogP contribution in [0.3, 0.4) is 0 Å². The molecule has 2 aromatic rings. The molecule has 0 aliphatic heterocycles. The van der Waals surface area contributed by atoms with E-state index >= 15 is 0 Å². The fourth-order valence-corrected chi connectivity index (χ4v) is 2.34. The Balaban J connectivity index is 2.04. The van der Waals surface area contributed by atoms with Crippen molar-refractivity contribution < 1.29 is 24.2 Å². The summed E-state index contributed by atoms with van der Waals surface area (Å²) in [6.45, 7) is 1.43. The van der Waals surface area contributed by atoms with E-state index in [1.165, 1.54) is 31.6 Å². The molecule has 0 unspecified atom stereocenters. The highest BCUT2D eigenvalue weighted by atomic mass is 32.1. The van der Waals surface area contributed by atoms with Crippen molar-refractivity contribution in [1.29, 1.82) is 0 Å². The Kier molecular flexibility index (Phi) is 5.91. The van der Waals surface area contributed by atoms with Crippen molar-refractivity contribution >= 4 is 29.4 Å². The number of carbonyl (C=O) groups excluding carboxylic acids is 1. The third-order valence-corrected chi connectivity index (χ3v) is 3.83. The maximum Gasteiger partial charge on any atom is 0.344 e. The van der Waals surface area contributed by atoms with Gasteiger partial charge < -0.3 is 14.6 Å². The lowest BCUT2D eigenvalue weighted by Crippen LogP contribution is -2.23. The Hall–Kier alpha value is -2.87. The minimum Gasteiger partial charge on any atom is -0.493 e. The maximum absolute atomic E-state index is 11.7. The van der Waals surface area contributed by atoms with Crippen LogP contribution in [0.15, 0.2) is 40.8 Å². The lowest BCUT2D eigenvalue weighted by atomic mass is 10.2. The Bertz CT molecular complexity index is 743. The van der Waals surface area contributed by atoms with Crippen LogP contribution in [0, 0.1) is 0 Å². The number of nitrogens with zero attached hydrogens (tertiary/aromatic N) is 1. The molecule has 1 heterocycles. The number of nitrogens with one attached hydrogen (secondary N) is 1. The zero-order valence-corrected chi connectivity index (χ0v) is 13.9. The molecule has 0 aliphatic carbocycles. The molecule has 0 saturated carbocycles. The van der Waals surface area contributed by atoms with Gasteiger partial charge in [0, 0.05) is 0 Å². The summed E-state index contributed by atoms with van der Waals surface area (Å²) in [5.41, 5.74) is 3.08. The largest absolute Gasteiger partial charge is 0.493 e. The van der Waals surface area contributed by atoms with Crippen LogP contribution in [0.1, 0.15) is 22.2 Å². The number of benzene rings is 1. The number of methoxy groups -OCH3 is 1. The van der Waals surface area contributed by atoms with E-state index in [0.29, 0.717) is 21.9 Å². The van der Waals surface area contributed by atoms with Crippen LogP contribution in [0.5, 0.6) is 11.5 Å². The minimum atomic E-state index is -1.07. The average molecular weight is 348 g/mol. The van der Waals surface area contributed by atoms with Crippen LogP contribution in [-0.4, -0.2) is 36.4 Å². The number of amides is 1. The number of hydrogen-bond acceptors (Lipinski definition) is 6. The number of aliphatic carboxylic acids is 1. The molecule has 2 rings (SSSR count). The molecule has 24 heavy (non-hydrogen) atoms. The Morgan fingerprint density at radius 3 is 2.75 bits per heavy atom. The predicted molar refractivity (Wildman–Crippen MR) is 90.1 cm³/mol. The van der Waals surface area contributed by atoms with Gasteiger partial charge in [-0.25, -0.2) is 10.2 Å². The summed E-state index contributed by atoms with van der Waals surface area (Å²) in [5.74, 6) is -0.675. The molecule has 0 spiro atoms. The average Bonchev–Trinajstić information content (AvgIpc) is 3.10. The molecule has 7 nitrogen and oxygen atoms in total. The van der Waals surface area contributed by atoms with E-state index in [1.807, 2.05) is 0 Å². The number of thiophene rings is 1. The highest BCUT2D eigenvalue weighted by molar-refractivity contribution is 7.12. The second-order valence-electron chi connectivity index (χ2n) is 4.69. The van der Waals surface area contributed by atoms with Crippen LogP contribution in [0.2, 0.25) is 0 Å². The standard InChI is InChI=1S/C16H16N2O5S/c1-10(16(20)21)23-12-6-5-11(8-13(12)22-2)9-17-18-15(19)14-4-3-7-24-14/h3-10H,1-2H3,(H,18,19)(H,20,21)/b17-9+/t10-/m0/s1. The van der Waals surface area contributed by atoms with Crippen molar-refractivity contribution in [3.63, 3.8) is 0 Å². The summed E-state index contributed by atoms with van der Waals surface area (Å²) in [4.78, 5) is 23.2. The zero-order chi connectivity index (χ0) is 17.5. The topological polar surface area (TPSA) is 97.2 Å². The predicted octanol–water partition coefficient (Wildman–Crippen LogP) is 2.37. The van der Waals surface area contributed by atoms with Gasteiger partial charge in [0.1, 0.15) is 0 Å². The van der Waals surface area contributed by atoms with E-state index in [9.17, 15) is 9.59 Å². The zero-order valence-electron chi connectivity index (χ0n) is 13.1. The summed E-state index contributed by atoms with van der Waals surface area (Å²) >= 11 is 1.32. The van der Waals surface area contributed by atoms with Crippen molar-refractivity contribution in [2.24, 2.45) is 5.10 Å². The van der Waals surface area contributed by atoms with Crippen LogP contribution >= 0.6 is 11.3 Å². The molecule has 1 aromatic carbocycles. The van der Waals surface area contributed by atoms with Crippen LogP contribution in [-0.2, 0) is 4.79 Å². The summed E-state index contributed by atoms with van der Waals surface area (Å²) < 4.78 is 10.5. The molecule has 0 aliphatic rings. The number of ether oxygens (including phenoxy) is 2. The summed E-state index contributed by atoms with van der Waals surface area (Å²) in [7, 11) is 1.45. The molecule has 1 aromatic heterocycles. The Morgan fingerprint density at radius 2 is 2.12 bits per heavy atom. The molecule has 1 atom stereocenters. The molecule has 2 N–H and O–H groups in total. The first-order valence-corrected chi connectivity index (χ1v) is 7.83. The summed E-state index contributed by atoms with van der Waals surface area (Å²) in [6.07, 6.45) is 0.460. The molecule has 8 heteroatoms. The first-order valence-electron chi connectivity index (χ1n) is 6.95. The smallest absolute Gasteiger partial charge is 0.344 e. The molecule has 0 bridgehead atoms. The second kappa shape index (κ2) is 8.11. The van der Waals surface area contributed by atoms with Crippen molar-refractivity contribution in [2.75, 3.05) is 7.11 Å². The van der Waals surface area contributed by atoms with E-state index in [0.717, 1.165) is 0 Å². The summed E-state index contributed by atoms with van der Waals surface area (Å²) in [5, 5.41) is 14.6. The van der Waals surface area contributed by atoms with E-state index in [1.54, 1.807) is 35.7 Å². The monoisotopic (exact) mass is 348 g/mol. The Labute approximate surface area is 142 Å². The molecule has 1 amide bonds. The van der Waals surface area contributed by atoms with Gasteiger partial charge in [-0.15, -0.1) is 11.3 Å². The third-order valence-electron chi connectivity index (χ3n) is 2.96. The number of carbonyl (C=O) groups is 2. The lowest BCUT2D eigenvalue weighted by molar-refractivity contribution is -0.144. The minimum absolute atomic E-state index is 0.288. The molecular weight excluding hydrogens is 332 g/mol. The number of carboxylic acids is 1. The highest BCUT2D eigenvalue weighted by Gasteiger charge is 2.15. The molecular formula is C16H16N2O5S. The summed E-state index contributed by atoms with van der Waals surface area (Å²) in [6, 6.07) is 8.37. The quantitative estimate of drug-likeness (QED) is 0.591. The first kappa shape index (κ1) is 17.5. The van der Waals surface area contributed by atoms with E-state index in [2.05, 4.69) is 10.5 Å². The fourth-order valence-electron chi connectivity index (χ4n) is 1.73. The van der Waals surface area contributed by atoms with Crippen LogP contribution in [0.25, 0.3) is 0 Å². The van der Waals surface area contributed by atoms with Gasteiger partial charge in [-0.3, -0.25) is 4.79 Å². The SMILES string of the molecule is COc1cc(/C=N/NC(=O)c2cccs2)ccc1O[C@@H](C)C(=O)O. The molecule has 0 fully saturated rings. The maximum atomic E-state index is 11.7. The third kappa shape index (κ3) is 4.56. The van der Waals surface area contributed by atoms with Gasteiger partial charge in [0.15, 0.2) is 17.6 Å². The van der Waals surface area contributed by atoms with Gasteiger partial charge in [0.2, 0.25) is 0 Å². The lowest BCUT2D eigenvalue weighted by Gasteiger charge is -2.13. The van der Waals surface area contributed by atoms with Gasteiger partial charge in [0.05, 0.1) is 18.2 Å². The van der Waals surface area contributed by atoms with Crippen molar-refractivity contribution in [3.8, 4) is 11.5 Å². The first-order chi connectivity index (χ1) is 11.5. The normalized spacial score (nSPS) is 11.9. The number of carboxylic acid groups (broad SMARTS) is 1. The number of rotatable bonds is 7. The number of hydrogen-bond donors (Lipinski definition) is 2. The van der Waals surface area contributed by atoms with Gasteiger partial charge >= 0.3 is 5.97 Å². The highest BCUT2D eigenvalue weighted by Crippen LogP contribution is 2.28. The van der Waals surface area contributed by atoms with Gasteiger partial charge in [0.25, 0.3) is 5.91 Å². The van der Waals surface area contributed by atoms with Crippen LogP contribution < -0.4 is 14.9 Å². The molecule has 0 saturated heterocycles. The van der Waals surface area contributed by atoms with Gasteiger partial charge in [-0.05, 0) is 42.1 Å². The van der Waals surface area contributed by atoms with E-state index in [4.69, 9.17) is 14.6 Å². The van der Waals surface area contributed by atoms with Gasteiger partial charge in [-0.1, -0.05) is 6.07 Å².